The number of rotatable bonds is 2. The van der Waals surface area contributed by atoms with Gasteiger partial charge in [0.05, 0.1) is 17.0 Å². The number of phenols is 1. The highest BCUT2D eigenvalue weighted by molar-refractivity contribution is 6.10. The Morgan fingerprint density at radius 2 is 1.83 bits per heavy atom. The molecule has 0 bridgehead atoms. The zero-order chi connectivity index (χ0) is 21.0. The minimum absolute atomic E-state index is 0.0520. The minimum atomic E-state index is -0.827. The van der Waals surface area contributed by atoms with E-state index in [1.807, 2.05) is 0 Å². The van der Waals surface area contributed by atoms with Gasteiger partial charge in [-0.3, -0.25) is 14.5 Å². The Labute approximate surface area is 169 Å². The molecule has 3 heterocycles. The fourth-order valence-corrected chi connectivity index (χ4v) is 3.82. The van der Waals surface area contributed by atoms with Crippen LogP contribution in [0, 0.1) is 12.7 Å². The van der Waals surface area contributed by atoms with Crippen molar-refractivity contribution in [3.63, 3.8) is 0 Å². The number of amides is 1. The molecule has 6 nitrogen and oxygen atoms in total. The first kappa shape index (κ1) is 18.1. The number of phenolic OH excluding ortho intramolecular Hbond substituents is 1. The van der Waals surface area contributed by atoms with Gasteiger partial charge < -0.3 is 9.52 Å². The van der Waals surface area contributed by atoms with Gasteiger partial charge in [0.25, 0.3) is 5.91 Å². The first-order valence-electron chi connectivity index (χ1n) is 9.26. The van der Waals surface area contributed by atoms with Crippen LogP contribution in [0.4, 0.5) is 10.2 Å². The monoisotopic (exact) mass is 402 g/mol. The Balaban J connectivity index is 1.83. The Morgan fingerprint density at radius 1 is 1.07 bits per heavy atom. The topological polar surface area (TPSA) is 83.6 Å². The van der Waals surface area contributed by atoms with E-state index in [1.165, 1.54) is 29.2 Å². The fraction of sp³-hybridized carbons (Fsp3) is 0.0870. The van der Waals surface area contributed by atoms with Crippen LogP contribution in [0.25, 0.3) is 11.0 Å². The molecule has 0 spiro atoms. The predicted octanol–water partition coefficient (Wildman–Crippen LogP) is 4.09. The molecule has 0 saturated carbocycles. The number of carbonyl (C=O) groups is 1. The maximum absolute atomic E-state index is 13.8. The van der Waals surface area contributed by atoms with Crippen LogP contribution in [0.15, 0.2) is 69.9 Å². The Kier molecular flexibility index (Phi) is 3.92. The van der Waals surface area contributed by atoms with E-state index in [4.69, 9.17) is 4.42 Å². The number of aryl methyl sites for hydroxylation is 1. The van der Waals surface area contributed by atoms with Gasteiger partial charge in [-0.1, -0.05) is 18.2 Å². The highest BCUT2D eigenvalue weighted by Gasteiger charge is 2.44. The molecule has 0 fully saturated rings. The first-order valence-corrected chi connectivity index (χ1v) is 9.26. The maximum atomic E-state index is 13.8. The van der Waals surface area contributed by atoms with Crippen molar-refractivity contribution in [1.82, 2.24) is 4.98 Å². The third-order valence-electron chi connectivity index (χ3n) is 5.16. The minimum Gasteiger partial charge on any atom is -0.508 e. The van der Waals surface area contributed by atoms with Crippen molar-refractivity contribution in [3.8, 4) is 5.75 Å². The third-order valence-corrected chi connectivity index (χ3v) is 5.16. The van der Waals surface area contributed by atoms with E-state index in [0.29, 0.717) is 17.1 Å². The summed E-state index contributed by atoms with van der Waals surface area (Å²) in [5.41, 5.74) is 1.06. The second-order valence-corrected chi connectivity index (χ2v) is 7.12. The van der Waals surface area contributed by atoms with E-state index >= 15 is 0 Å². The molecule has 1 aliphatic heterocycles. The second-order valence-electron chi connectivity index (χ2n) is 7.12. The lowest BCUT2D eigenvalue weighted by Gasteiger charge is -2.24. The van der Waals surface area contributed by atoms with Crippen LogP contribution < -0.4 is 10.3 Å². The molecule has 7 heteroatoms. The summed E-state index contributed by atoms with van der Waals surface area (Å²) in [5, 5.41) is 9.74. The summed E-state index contributed by atoms with van der Waals surface area (Å²) >= 11 is 0. The van der Waals surface area contributed by atoms with Gasteiger partial charge in [-0.25, -0.2) is 9.37 Å². The van der Waals surface area contributed by atoms with E-state index in [-0.39, 0.29) is 28.0 Å². The van der Waals surface area contributed by atoms with Crippen molar-refractivity contribution in [2.75, 3.05) is 4.90 Å². The molecule has 0 aliphatic carbocycles. The van der Waals surface area contributed by atoms with Gasteiger partial charge in [-0.2, -0.15) is 0 Å². The average Bonchev–Trinajstić information content (AvgIpc) is 3.02. The lowest BCUT2D eigenvalue weighted by atomic mass is 9.98. The molecule has 1 N–H and O–H groups in total. The predicted molar refractivity (Wildman–Crippen MR) is 108 cm³/mol. The van der Waals surface area contributed by atoms with Crippen molar-refractivity contribution in [1.29, 1.82) is 0 Å². The molecular weight excluding hydrogens is 387 g/mol. The number of hydrogen-bond acceptors (Lipinski definition) is 5. The van der Waals surface area contributed by atoms with E-state index in [9.17, 15) is 19.1 Å². The lowest BCUT2D eigenvalue weighted by Crippen LogP contribution is -2.30. The zero-order valence-electron chi connectivity index (χ0n) is 15.8. The number of nitrogens with zero attached hydrogens (tertiary/aromatic N) is 2. The summed E-state index contributed by atoms with van der Waals surface area (Å²) in [6.07, 6.45) is 0. The maximum Gasteiger partial charge on any atom is 0.296 e. The standard InChI is InChI=1S/C23H15FN2O4/c1-12-3-2-4-18(25-12)26-20(13-5-8-15(27)9-6-13)19-21(28)16-11-14(24)7-10-17(16)30-22(19)23(26)29/h2-11,20,27H,1H3. The van der Waals surface area contributed by atoms with Crippen LogP contribution in [0.1, 0.15) is 33.4 Å². The molecule has 1 amide bonds. The molecule has 0 radical (unpaired) electrons. The highest BCUT2D eigenvalue weighted by Crippen LogP contribution is 2.40. The number of carbonyl (C=O) groups excluding carboxylic acids is 1. The van der Waals surface area contributed by atoms with Crippen molar-refractivity contribution < 1.29 is 18.7 Å². The Bertz CT molecular complexity index is 1380. The zero-order valence-corrected chi connectivity index (χ0v) is 15.8. The molecule has 1 atom stereocenters. The number of benzene rings is 2. The van der Waals surface area contributed by atoms with E-state index < -0.39 is 23.2 Å². The smallest absolute Gasteiger partial charge is 0.296 e. The first-order chi connectivity index (χ1) is 14.4. The van der Waals surface area contributed by atoms with Crippen LogP contribution in [-0.2, 0) is 0 Å². The number of fused-ring (bicyclic) bond motifs is 2. The van der Waals surface area contributed by atoms with Crippen molar-refractivity contribution in [2.24, 2.45) is 0 Å². The van der Waals surface area contributed by atoms with Crippen molar-refractivity contribution in [2.45, 2.75) is 13.0 Å². The summed E-state index contributed by atoms with van der Waals surface area (Å²) in [4.78, 5) is 32.5. The summed E-state index contributed by atoms with van der Waals surface area (Å²) in [6.45, 7) is 1.80. The van der Waals surface area contributed by atoms with Crippen LogP contribution in [0.3, 0.4) is 0 Å². The number of pyridine rings is 1. The normalized spacial score (nSPS) is 15.6. The van der Waals surface area contributed by atoms with Gasteiger partial charge in [0, 0.05) is 5.69 Å². The van der Waals surface area contributed by atoms with Crippen LogP contribution >= 0.6 is 0 Å². The van der Waals surface area contributed by atoms with Gasteiger partial charge >= 0.3 is 0 Å². The van der Waals surface area contributed by atoms with Crippen LogP contribution in [-0.4, -0.2) is 16.0 Å². The summed E-state index contributed by atoms with van der Waals surface area (Å²) in [6, 6.07) is 14.2. The van der Waals surface area contributed by atoms with Crippen molar-refractivity contribution in [3.05, 3.63) is 99.3 Å². The SMILES string of the molecule is Cc1cccc(N2C(=O)c3oc4ccc(F)cc4c(=O)c3C2c2ccc(O)cc2)n1. The number of hydrogen-bond donors (Lipinski definition) is 1. The lowest BCUT2D eigenvalue weighted by molar-refractivity contribution is 0.0970. The van der Waals surface area contributed by atoms with E-state index in [0.717, 1.165) is 6.07 Å². The summed E-state index contributed by atoms with van der Waals surface area (Å²) < 4.78 is 19.6. The van der Waals surface area contributed by atoms with Gasteiger partial charge in [-0.05, 0) is 55.0 Å². The number of anilines is 1. The number of aromatic hydroxyl groups is 1. The molecule has 30 heavy (non-hydrogen) atoms. The second kappa shape index (κ2) is 6.52. The Morgan fingerprint density at radius 3 is 2.57 bits per heavy atom. The summed E-state index contributed by atoms with van der Waals surface area (Å²) in [5.74, 6) is -0.766. The number of aromatic nitrogens is 1. The van der Waals surface area contributed by atoms with Gasteiger partial charge in [0.15, 0.2) is 5.43 Å². The molecule has 2 aromatic carbocycles. The quantitative estimate of drug-likeness (QED) is 0.546. The average molecular weight is 402 g/mol. The van der Waals surface area contributed by atoms with E-state index in [1.54, 1.807) is 37.3 Å². The molecule has 0 saturated heterocycles. The third kappa shape index (κ3) is 2.67. The van der Waals surface area contributed by atoms with Gasteiger partial charge in [0.2, 0.25) is 5.76 Å². The fourth-order valence-electron chi connectivity index (χ4n) is 3.82. The molecule has 2 aromatic heterocycles. The van der Waals surface area contributed by atoms with Crippen LogP contribution in [0.2, 0.25) is 0 Å². The number of halogens is 1. The Hall–Kier alpha value is -4.00. The van der Waals surface area contributed by atoms with Gasteiger partial charge in [-0.15, -0.1) is 0 Å². The molecule has 5 rings (SSSR count). The molecule has 1 unspecified atom stereocenters. The molecule has 148 valence electrons. The van der Waals surface area contributed by atoms with Crippen LogP contribution in [0.5, 0.6) is 5.75 Å². The molecular formula is C23H15FN2O4. The van der Waals surface area contributed by atoms with E-state index in [2.05, 4.69) is 4.98 Å². The molecule has 4 aromatic rings. The molecule has 1 aliphatic rings. The largest absolute Gasteiger partial charge is 0.508 e. The highest BCUT2D eigenvalue weighted by atomic mass is 19.1. The van der Waals surface area contributed by atoms with Gasteiger partial charge in [0.1, 0.15) is 23.0 Å². The summed E-state index contributed by atoms with van der Waals surface area (Å²) in [7, 11) is 0. The van der Waals surface area contributed by atoms with Crippen molar-refractivity contribution >= 4 is 22.7 Å².